The maximum Gasteiger partial charge on any atom is 0.309 e. The highest BCUT2D eigenvalue weighted by Crippen LogP contribution is 1.91. The van der Waals surface area contributed by atoms with E-state index in [4.69, 9.17) is 0 Å². The fourth-order valence-electron chi connectivity index (χ4n) is 1.21. The molecule has 0 saturated carbocycles. The number of carbonyl (C=O) groups excluding carboxylic acids is 2. The molecule has 0 fully saturated rings. The Morgan fingerprint density at radius 1 is 1.24 bits per heavy atom. The first-order valence-electron chi connectivity index (χ1n) is 5.70. The number of nitrogens with zero attached hydrogens (tertiary/aromatic N) is 1. The van der Waals surface area contributed by atoms with Gasteiger partial charge in [0.05, 0.1) is 12.2 Å². The highest BCUT2D eigenvalue weighted by molar-refractivity contribution is 6.35. The Hall–Kier alpha value is -1.91. The average molecular weight is 235 g/mol. The molecule has 0 saturated heterocycles. The first kappa shape index (κ1) is 13.2. The topological polar surface area (TPSA) is 71.1 Å². The fraction of sp³-hybridized carbons (Fsp3) is 0.417. The number of aromatic nitrogens is 1. The van der Waals surface area contributed by atoms with Crippen LogP contribution in [0, 0.1) is 0 Å². The van der Waals surface area contributed by atoms with Crippen molar-refractivity contribution in [3.8, 4) is 0 Å². The van der Waals surface area contributed by atoms with Gasteiger partial charge in [0.1, 0.15) is 0 Å². The summed E-state index contributed by atoms with van der Waals surface area (Å²) in [6, 6.07) is 5.41. The van der Waals surface area contributed by atoms with Crippen LogP contribution in [0.3, 0.4) is 0 Å². The van der Waals surface area contributed by atoms with Gasteiger partial charge in [-0.05, 0) is 18.6 Å². The highest BCUT2D eigenvalue weighted by Gasteiger charge is 2.11. The van der Waals surface area contributed by atoms with Crippen molar-refractivity contribution in [3.63, 3.8) is 0 Å². The van der Waals surface area contributed by atoms with Gasteiger partial charge in [0.25, 0.3) is 0 Å². The molecule has 1 rings (SSSR count). The minimum atomic E-state index is -0.619. The van der Waals surface area contributed by atoms with Gasteiger partial charge in [-0.25, -0.2) is 0 Å². The zero-order valence-electron chi connectivity index (χ0n) is 9.90. The second kappa shape index (κ2) is 7.38. The van der Waals surface area contributed by atoms with Crippen molar-refractivity contribution in [3.05, 3.63) is 30.1 Å². The van der Waals surface area contributed by atoms with E-state index in [1.54, 1.807) is 18.3 Å². The van der Waals surface area contributed by atoms with E-state index in [0.717, 1.165) is 18.5 Å². The van der Waals surface area contributed by atoms with E-state index in [9.17, 15) is 9.59 Å². The molecule has 0 unspecified atom stereocenters. The van der Waals surface area contributed by atoms with Gasteiger partial charge in [0, 0.05) is 12.7 Å². The second-order valence-electron chi connectivity index (χ2n) is 3.61. The minimum absolute atomic E-state index is 0.265. The summed E-state index contributed by atoms with van der Waals surface area (Å²) in [5, 5.41) is 5.06. The van der Waals surface area contributed by atoms with Crippen LogP contribution in [0.4, 0.5) is 0 Å². The van der Waals surface area contributed by atoms with Crippen molar-refractivity contribution in [2.45, 2.75) is 26.3 Å². The number of nitrogens with one attached hydrogen (secondary N) is 2. The molecule has 0 bridgehead atoms. The molecule has 0 aliphatic carbocycles. The Morgan fingerprint density at radius 3 is 2.65 bits per heavy atom. The first-order chi connectivity index (χ1) is 8.24. The molecule has 1 heterocycles. The van der Waals surface area contributed by atoms with Gasteiger partial charge in [-0.1, -0.05) is 19.4 Å². The third-order valence-corrected chi connectivity index (χ3v) is 2.18. The third kappa shape index (κ3) is 5.10. The third-order valence-electron chi connectivity index (χ3n) is 2.18. The molecule has 2 N–H and O–H groups in total. The maximum atomic E-state index is 11.4. The van der Waals surface area contributed by atoms with Gasteiger partial charge >= 0.3 is 11.8 Å². The van der Waals surface area contributed by atoms with Crippen LogP contribution < -0.4 is 10.6 Å². The highest BCUT2D eigenvalue weighted by atomic mass is 16.2. The number of amides is 2. The van der Waals surface area contributed by atoms with Gasteiger partial charge < -0.3 is 10.6 Å². The van der Waals surface area contributed by atoms with E-state index >= 15 is 0 Å². The number of pyridine rings is 1. The largest absolute Gasteiger partial charge is 0.348 e. The fourth-order valence-corrected chi connectivity index (χ4v) is 1.21. The van der Waals surface area contributed by atoms with Crippen LogP contribution in [0.1, 0.15) is 25.5 Å². The lowest BCUT2D eigenvalue weighted by Crippen LogP contribution is -2.40. The lowest BCUT2D eigenvalue weighted by molar-refractivity contribution is -0.139. The molecule has 92 valence electrons. The summed E-state index contributed by atoms with van der Waals surface area (Å²) in [7, 11) is 0. The first-order valence-corrected chi connectivity index (χ1v) is 5.70. The second-order valence-corrected chi connectivity index (χ2v) is 3.61. The van der Waals surface area contributed by atoms with Crippen molar-refractivity contribution < 1.29 is 9.59 Å². The number of rotatable bonds is 5. The van der Waals surface area contributed by atoms with E-state index in [2.05, 4.69) is 15.6 Å². The molecule has 0 radical (unpaired) electrons. The lowest BCUT2D eigenvalue weighted by atomic mass is 10.3. The Labute approximate surface area is 101 Å². The van der Waals surface area contributed by atoms with E-state index in [0.29, 0.717) is 6.54 Å². The molecule has 5 nitrogen and oxygen atoms in total. The van der Waals surface area contributed by atoms with Gasteiger partial charge in [-0.3, -0.25) is 14.6 Å². The summed E-state index contributed by atoms with van der Waals surface area (Å²) in [4.78, 5) is 26.7. The molecular weight excluding hydrogens is 218 g/mol. The maximum absolute atomic E-state index is 11.4. The van der Waals surface area contributed by atoms with Gasteiger partial charge in [-0.2, -0.15) is 0 Å². The summed E-state index contributed by atoms with van der Waals surface area (Å²) in [5.41, 5.74) is 0.724. The van der Waals surface area contributed by atoms with Crippen LogP contribution in [0.5, 0.6) is 0 Å². The number of hydrogen-bond donors (Lipinski definition) is 2. The molecule has 0 spiro atoms. The van der Waals surface area contributed by atoms with Crippen LogP contribution in [0.2, 0.25) is 0 Å². The molecule has 0 atom stereocenters. The van der Waals surface area contributed by atoms with Crippen LogP contribution in [-0.4, -0.2) is 23.3 Å². The zero-order chi connectivity index (χ0) is 12.5. The minimum Gasteiger partial charge on any atom is -0.348 e. The molecular formula is C12H17N3O2. The normalized spacial score (nSPS) is 9.71. The Kier molecular flexibility index (Phi) is 5.71. The summed E-state index contributed by atoms with van der Waals surface area (Å²) in [5.74, 6) is -1.21. The number of carbonyl (C=O) groups is 2. The van der Waals surface area contributed by atoms with Gasteiger partial charge in [0.15, 0.2) is 0 Å². The molecule has 0 aliphatic rings. The predicted molar refractivity (Wildman–Crippen MR) is 64.0 cm³/mol. The molecule has 2 amide bonds. The summed E-state index contributed by atoms with van der Waals surface area (Å²) in [6.07, 6.45) is 3.50. The van der Waals surface area contributed by atoms with Crippen molar-refractivity contribution in [2.24, 2.45) is 0 Å². The van der Waals surface area contributed by atoms with Crippen molar-refractivity contribution in [2.75, 3.05) is 6.54 Å². The standard InChI is InChI=1S/C12H17N3O2/c1-2-3-7-14-11(16)12(17)15-9-10-6-4-5-8-13-10/h4-6,8H,2-3,7,9H2,1H3,(H,14,16)(H,15,17). The molecule has 1 aromatic heterocycles. The average Bonchev–Trinajstić information content (AvgIpc) is 2.37. The van der Waals surface area contributed by atoms with Crippen molar-refractivity contribution in [1.29, 1.82) is 0 Å². The van der Waals surface area contributed by atoms with E-state index in [1.807, 2.05) is 13.0 Å². The lowest BCUT2D eigenvalue weighted by Gasteiger charge is -2.05. The molecule has 0 aromatic carbocycles. The molecule has 5 heteroatoms. The van der Waals surface area contributed by atoms with Crippen molar-refractivity contribution >= 4 is 11.8 Å². The zero-order valence-corrected chi connectivity index (χ0v) is 9.90. The van der Waals surface area contributed by atoms with Crippen molar-refractivity contribution in [1.82, 2.24) is 15.6 Å². The number of hydrogen-bond acceptors (Lipinski definition) is 3. The van der Waals surface area contributed by atoms with Gasteiger partial charge in [0.2, 0.25) is 0 Å². The number of unbranched alkanes of at least 4 members (excludes halogenated alkanes) is 1. The smallest absolute Gasteiger partial charge is 0.309 e. The van der Waals surface area contributed by atoms with Crippen LogP contribution >= 0.6 is 0 Å². The quantitative estimate of drug-likeness (QED) is 0.580. The molecule has 1 aromatic rings. The summed E-state index contributed by atoms with van der Waals surface area (Å²) < 4.78 is 0. The Morgan fingerprint density at radius 2 is 2.00 bits per heavy atom. The van der Waals surface area contributed by atoms with E-state index in [-0.39, 0.29) is 6.54 Å². The van der Waals surface area contributed by atoms with Crippen LogP contribution in [0.15, 0.2) is 24.4 Å². The summed E-state index contributed by atoms with van der Waals surface area (Å²) >= 11 is 0. The predicted octanol–water partition coefficient (Wildman–Crippen LogP) is 0.614. The van der Waals surface area contributed by atoms with E-state index in [1.165, 1.54) is 0 Å². The summed E-state index contributed by atoms with van der Waals surface area (Å²) in [6.45, 7) is 2.82. The van der Waals surface area contributed by atoms with Crippen LogP contribution in [0.25, 0.3) is 0 Å². The van der Waals surface area contributed by atoms with Crippen LogP contribution in [-0.2, 0) is 16.1 Å². The van der Waals surface area contributed by atoms with E-state index < -0.39 is 11.8 Å². The Balaban J connectivity index is 2.27. The SMILES string of the molecule is CCCCNC(=O)C(=O)NCc1ccccn1. The monoisotopic (exact) mass is 235 g/mol. The molecule has 0 aliphatic heterocycles. The van der Waals surface area contributed by atoms with Gasteiger partial charge in [-0.15, -0.1) is 0 Å². The Bertz CT molecular complexity index is 365. The molecule has 17 heavy (non-hydrogen) atoms.